The van der Waals surface area contributed by atoms with Gasteiger partial charge in [0.25, 0.3) is 0 Å². The second-order valence-corrected chi connectivity index (χ2v) is 6.29. The molecule has 3 fully saturated rings. The molecule has 3 rings (SSSR count). The molecule has 0 unspecified atom stereocenters. The maximum atomic E-state index is 5.45. The molecule has 3 saturated heterocycles. The summed E-state index contributed by atoms with van der Waals surface area (Å²) in [6.07, 6.45) is 6.81. The van der Waals surface area contributed by atoms with Crippen molar-refractivity contribution < 1.29 is 4.74 Å². The Hall–Kier alpha value is -0.120. The Balaban J connectivity index is 1.49. The second-order valence-electron chi connectivity index (χ2n) is 6.29. The van der Waals surface area contributed by atoms with Gasteiger partial charge in [-0.3, -0.25) is 0 Å². The third-order valence-electron chi connectivity index (χ3n) is 5.04. The Kier molecular flexibility index (Phi) is 3.69. The van der Waals surface area contributed by atoms with Crippen molar-refractivity contribution >= 4 is 0 Å². The third-order valence-corrected chi connectivity index (χ3v) is 5.04. The summed E-state index contributed by atoms with van der Waals surface area (Å²) < 4.78 is 5.45. The first-order valence-electron chi connectivity index (χ1n) is 7.37. The molecule has 17 heavy (non-hydrogen) atoms. The minimum atomic E-state index is 0.677. The molecule has 98 valence electrons. The first kappa shape index (κ1) is 11.9. The van der Waals surface area contributed by atoms with Crippen molar-refractivity contribution in [2.75, 3.05) is 45.9 Å². The molecule has 0 bridgehead atoms. The summed E-state index contributed by atoms with van der Waals surface area (Å²) in [6.45, 7) is 8.51. The number of hydrogen-bond acceptors (Lipinski definition) is 3. The Morgan fingerprint density at radius 1 is 1.12 bits per heavy atom. The molecule has 3 nitrogen and oxygen atoms in total. The maximum Gasteiger partial charge on any atom is 0.0469 e. The first-order chi connectivity index (χ1) is 8.36. The van der Waals surface area contributed by atoms with Crippen LogP contribution in [0.25, 0.3) is 0 Å². The van der Waals surface area contributed by atoms with E-state index >= 15 is 0 Å². The van der Waals surface area contributed by atoms with E-state index in [1.807, 2.05) is 0 Å². The predicted molar refractivity (Wildman–Crippen MR) is 69.1 cm³/mol. The van der Waals surface area contributed by atoms with Crippen LogP contribution in [-0.4, -0.2) is 50.8 Å². The van der Waals surface area contributed by atoms with E-state index < -0.39 is 0 Å². The molecule has 3 aliphatic heterocycles. The molecule has 0 aromatic rings. The lowest BCUT2D eigenvalue weighted by Crippen LogP contribution is -2.39. The van der Waals surface area contributed by atoms with Crippen molar-refractivity contribution in [3.05, 3.63) is 0 Å². The van der Waals surface area contributed by atoms with Crippen LogP contribution in [0.3, 0.4) is 0 Å². The van der Waals surface area contributed by atoms with Gasteiger partial charge in [0, 0.05) is 26.3 Å². The van der Waals surface area contributed by atoms with Gasteiger partial charge in [0.1, 0.15) is 0 Å². The van der Waals surface area contributed by atoms with Gasteiger partial charge < -0.3 is 15.0 Å². The van der Waals surface area contributed by atoms with Crippen LogP contribution in [0.15, 0.2) is 0 Å². The van der Waals surface area contributed by atoms with Gasteiger partial charge in [-0.15, -0.1) is 0 Å². The fraction of sp³-hybridized carbons (Fsp3) is 1.00. The minimum Gasteiger partial charge on any atom is -0.381 e. The largest absolute Gasteiger partial charge is 0.381 e. The van der Waals surface area contributed by atoms with Gasteiger partial charge in [0.05, 0.1) is 0 Å². The smallest absolute Gasteiger partial charge is 0.0469 e. The van der Waals surface area contributed by atoms with Gasteiger partial charge in [-0.05, 0) is 63.1 Å². The topological polar surface area (TPSA) is 24.5 Å². The van der Waals surface area contributed by atoms with Crippen molar-refractivity contribution in [1.82, 2.24) is 10.2 Å². The van der Waals surface area contributed by atoms with Crippen LogP contribution >= 0.6 is 0 Å². The lowest BCUT2D eigenvalue weighted by molar-refractivity contribution is 0.0533. The summed E-state index contributed by atoms with van der Waals surface area (Å²) in [6, 6.07) is 0. The van der Waals surface area contributed by atoms with Crippen LogP contribution in [0.1, 0.15) is 32.1 Å². The lowest BCUT2D eigenvalue weighted by Gasteiger charge is -2.34. The zero-order valence-electron chi connectivity index (χ0n) is 10.9. The lowest BCUT2D eigenvalue weighted by atomic mass is 9.78. The quantitative estimate of drug-likeness (QED) is 0.789. The molecule has 0 aromatic carbocycles. The molecule has 0 amide bonds. The van der Waals surface area contributed by atoms with Crippen molar-refractivity contribution in [3.63, 3.8) is 0 Å². The number of ether oxygens (including phenoxy) is 1. The summed E-state index contributed by atoms with van der Waals surface area (Å²) in [5.74, 6) is 0.903. The SMILES string of the molecule is C1CC2(CCN1)CCN(CC1CCOCC1)C2. The minimum absolute atomic E-state index is 0.677. The van der Waals surface area contributed by atoms with Gasteiger partial charge >= 0.3 is 0 Å². The molecule has 3 aliphatic rings. The van der Waals surface area contributed by atoms with Crippen LogP contribution in [0.5, 0.6) is 0 Å². The zero-order chi connectivity index (χ0) is 11.6. The highest BCUT2D eigenvalue weighted by atomic mass is 16.5. The van der Waals surface area contributed by atoms with E-state index in [1.165, 1.54) is 64.8 Å². The van der Waals surface area contributed by atoms with Crippen LogP contribution in [0, 0.1) is 11.3 Å². The van der Waals surface area contributed by atoms with Crippen molar-refractivity contribution in [1.29, 1.82) is 0 Å². The first-order valence-corrected chi connectivity index (χ1v) is 7.37. The molecule has 1 spiro atoms. The predicted octanol–water partition coefficient (Wildman–Crippen LogP) is 1.49. The highest BCUT2D eigenvalue weighted by Gasteiger charge is 2.39. The molecule has 0 aromatic heterocycles. The molecule has 1 N–H and O–H groups in total. The molecular weight excluding hydrogens is 212 g/mol. The molecule has 0 atom stereocenters. The van der Waals surface area contributed by atoms with E-state index in [1.54, 1.807) is 0 Å². The van der Waals surface area contributed by atoms with Crippen molar-refractivity contribution in [2.45, 2.75) is 32.1 Å². The van der Waals surface area contributed by atoms with Gasteiger partial charge in [-0.1, -0.05) is 0 Å². The maximum absolute atomic E-state index is 5.45. The summed E-state index contributed by atoms with van der Waals surface area (Å²) in [5, 5.41) is 3.50. The van der Waals surface area contributed by atoms with Gasteiger partial charge in [-0.25, -0.2) is 0 Å². The number of nitrogens with zero attached hydrogens (tertiary/aromatic N) is 1. The van der Waals surface area contributed by atoms with E-state index in [9.17, 15) is 0 Å². The van der Waals surface area contributed by atoms with Crippen molar-refractivity contribution in [2.24, 2.45) is 11.3 Å². The van der Waals surface area contributed by atoms with E-state index in [2.05, 4.69) is 10.2 Å². The standard InChI is InChI=1S/C14H26N2O/c1-9-17-10-2-13(1)11-16-8-5-14(12-16)3-6-15-7-4-14/h13,15H,1-12H2. The van der Waals surface area contributed by atoms with Gasteiger partial charge in [0.15, 0.2) is 0 Å². The summed E-state index contributed by atoms with van der Waals surface area (Å²) in [5.41, 5.74) is 0.677. The number of likely N-dealkylation sites (tertiary alicyclic amines) is 1. The average molecular weight is 238 g/mol. The molecule has 3 heterocycles. The Morgan fingerprint density at radius 3 is 2.65 bits per heavy atom. The van der Waals surface area contributed by atoms with Crippen molar-refractivity contribution in [3.8, 4) is 0 Å². The fourth-order valence-electron chi connectivity index (χ4n) is 3.84. The van der Waals surface area contributed by atoms with Gasteiger partial charge in [0.2, 0.25) is 0 Å². The number of rotatable bonds is 2. The summed E-state index contributed by atoms with van der Waals surface area (Å²) >= 11 is 0. The highest BCUT2D eigenvalue weighted by Crippen LogP contribution is 2.39. The van der Waals surface area contributed by atoms with E-state index in [-0.39, 0.29) is 0 Å². The Labute approximate surface area is 105 Å². The summed E-state index contributed by atoms with van der Waals surface area (Å²) in [7, 11) is 0. The summed E-state index contributed by atoms with van der Waals surface area (Å²) in [4.78, 5) is 2.74. The number of piperidine rings is 1. The third kappa shape index (κ3) is 2.83. The molecule has 3 heteroatoms. The molecule has 0 aliphatic carbocycles. The monoisotopic (exact) mass is 238 g/mol. The number of nitrogens with one attached hydrogen (secondary N) is 1. The van der Waals surface area contributed by atoms with Gasteiger partial charge in [-0.2, -0.15) is 0 Å². The zero-order valence-corrected chi connectivity index (χ0v) is 10.9. The van der Waals surface area contributed by atoms with E-state index in [0.29, 0.717) is 5.41 Å². The fourth-order valence-corrected chi connectivity index (χ4v) is 3.84. The second kappa shape index (κ2) is 5.25. The van der Waals surface area contributed by atoms with Crippen LogP contribution in [-0.2, 0) is 4.74 Å². The van der Waals surface area contributed by atoms with E-state index in [0.717, 1.165) is 19.1 Å². The molecule has 0 saturated carbocycles. The molecule has 0 radical (unpaired) electrons. The number of hydrogen-bond donors (Lipinski definition) is 1. The van der Waals surface area contributed by atoms with Crippen LogP contribution < -0.4 is 5.32 Å². The highest BCUT2D eigenvalue weighted by molar-refractivity contribution is 4.93. The normalized spacial score (nSPS) is 31.1. The Morgan fingerprint density at radius 2 is 1.88 bits per heavy atom. The van der Waals surface area contributed by atoms with Crippen LogP contribution in [0.2, 0.25) is 0 Å². The average Bonchev–Trinajstić information content (AvgIpc) is 2.74. The van der Waals surface area contributed by atoms with Crippen LogP contribution in [0.4, 0.5) is 0 Å². The Bertz CT molecular complexity index is 245. The molecular formula is C14H26N2O. The van der Waals surface area contributed by atoms with E-state index in [4.69, 9.17) is 4.74 Å².